The lowest BCUT2D eigenvalue weighted by Crippen LogP contribution is -2.12. The van der Waals surface area contributed by atoms with Crippen LogP contribution in [-0.4, -0.2) is 14.6 Å². The van der Waals surface area contributed by atoms with Crippen LogP contribution in [-0.2, 0) is 0 Å². The minimum Gasteiger partial charge on any atom is -0.267 e. The molecule has 0 radical (unpaired) electrons. The third-order valence-electron chi connectivity index (χ3n) is 3.63. The lowest BCUT2D eigenvalue weighted by atomic mass is 10.2. The number of hydrogen-bond donors (Lipinski definition) is 0. The zero-order chi connectivity index (χ0) is 17.0. The maximum absolute atomic E-state index is 14.2. The van der Waals surface area contributed by atoms with Crippen LogP contribution < -0.4 is 5.56 Å². The average molecular weight is 347 g/mol. The van der Waals surface area contributed by atoms with Gasteiger partial charge in [0.2, 0.25) is 4.96 Å². The van der Waals surface area contributed by atoms with E-state index >= 15 is 0 Å². The Labute approximate surface area is 136 Å². The lowest BCUT2D eigenvalue weighted by Gasteiger charge is -2.02. The van der Waals surface area contributed by atoms with Crippen molar-refractivity contribution in [2.24, 2.45) is 0 Å². The van der Waals surface area contributed by atoms with Crippen LogP contribution in [0.2, 0.25) is 0 Å². The van der Waals surface area contributed by atoms with Gasteiger partial charge < -0.3 is 0 Å². The highest BCUT2D eigenvalue weighted by Crippen LogP contribution is 2.28. The van der Waals surface area contributed by atoms with Crippen molar-refractivity contribution in [1.82, 2.24) is 14.6 Å². The van der Waals surface area contributed by atoms with Crippen LogP contribution in [0.25, 0.3) is 26.4 Å². The van der Waals surface area contributed by atoms with Gasteiger partial charge in [0, 0.05) is 5.56 Å². The summed E-state index contributed by atoms with van der Waals surface area (Å²) in [7, 11) is 0. The van der Waals surface area contributed by atoms with Crippen molar-refractivity contribution in [2.75, 3.05) is 0 Å². The van der Waals surface area contributed by atoms with E-state index in [-0.39, 0.29) is 10.3 Å². The van der Waals surface area contributed by atoms with Gasteiger partial charge in [0.05, 0.1) is 5.39 Å². The van der Waals surface area contributed by atoms with Crippen LogP contribution >= 0.6 is 11.3 Å². The summed E-state index contributed by atoms with van der Waals surface area (Å²) in [5.41, 5.74) is 0.557. The summed E-state index contributed by atoms with van der Waals surface area (Å²) in [5.74, 6) is -4.54. The molecule has 0 saturated heterocycles. The summed E-state index contributed by atoms with van der Waals surface area (Å²) >= 11 is 1.06. The van der Waals surface area contributed by atoms with Gasteiger partial charge in [0.15, 0.2) is 17.5 Å². The largest absolute Gasteiger partial charge is 0.282 e. The first-order chi connectivity index (χ1) is 11.5. The van der Waals surface area contributed by atoms with Gasteiger partial charge in [-0.15, -0.1) is 0 Å². The molecule has 120 valence electrons. The van der Waals surface area contributed by atoms with E-state index in [1.807, 2.05) is 31.2 Å². The molecule has 0 amide bonds. The second kappa shape index (κ2) is 5.13. The maximum atomic E-state index is 14.2. The smallest absolute Gasteiger partial charge is 0.267 e. The molecule has 0 N–H and O–H groups in total. The molecular weight excluding hydrogens is 339 g/mol. The van der Waals surface area contributed by atoms with Gasteiger partial charge in [-0.3, -0.25) is 4.79 Å². The molecule has 2 aromatic carbocycles. The summed E-state index contributed by atoms with van der Waals surface area (Å²) in [6.07, 6.45) is 0. The molecule has 2 aromatic heterocycles. The molecular formula is C16H8F3N3OS. The van der Waals surface area contributed by atoms with Crippen molar-refractivity contribution >= 4 is 27.2 Å². The molecule has 0 aliphatic heterocycles. The minimum absolute atomic E-state index is 0.105. The van der Waals surface area contributed by atoms with Crippen molar-refractivity contribution in [3.63, 3.8) is 0 Å². The third kappa shape index (κ3) is 2.10. The van der Waals surface area contributed by atoms with Crippen molar-refractivity contribution in [1.29, 1.82) is 0 Å². The molecule has 24 heavy (non-hydrogen) atoms. The Balaban J connectivity index is 2.10. The van der Waals surface area contributed by atoms with Crippen LogP contribution in [0.5, 0.6) is 0 Å². The normalized spacial score (nSPS) is 11.5. The van der Waals surface area contributed by atoms with Gasteiger partial charge in [-0.2, -0.15) is 10.1 Å². The van der Waals surface area contributed by atoms with E-state index in [2.05, 4.69) is 10.1 Å². The zero-order valence-electron chi connectivity index (χ0n) is 12.2. The molecule has 0 spiro atoms. The van der Waals surface area contributed by atoms with Crippen LogP contribution in [0, 0.1) is 24.4 Å². The van der Waals surface area contributed by atoms with Crippen LogP contribution in [0.3, 0.4) is 0 Å². The van der Waals surface area contributed by atoms with Gasteiger partial charge in [-0.25, -0.2) is 17.7 Å². The summed E-state index contributed by atoms with van der Waals surface area (Å²) in [5, 5.41) is 4.35. The first-order valence-electron chi connectivity index (χ1n) is 6.90. The Morgan fingerprint density at radius 3 is 2.50 bits per heavy atom. The Morgan fingerprint density at radius 2 is 1.79 bits per heavy atom. The Kier molecular flexibility index (Phi) is 3.17. The molecule has 0 saturated carbocycles. The summed E-state index contributed by atoms with van der Waals surface area (Å²) in [6, 6.07) is 8.05. The van der Waals surface area contributed by atoms with Crippen molar-refractivity contribution < 1.29 is 13.2 Å². The molecule has 0 unspecified atom stereocenters. The van der Waals surface area contributed by atoms with Crippen LogP contribution in [0.15, 0.2) is 35.1 Å². The lowest BCUT2D eigenvalue weighted by molar-refractivity contribution is 0.451. The second-order valence-corrected chi connectivity index (χ2v) is 6.22. The fourth-order valence-electron chi connectivity index (χ4n) is 2.42. The molecule has 4 rings (SSSR count). The zero-order valence-corrected chi connectivity index (χ0v) is 13.0. The highest BCUT2D eigenvalue weighted by atomic mass is 32.1. The Hall–Kier alpha value is -2.74. The van der Waals surface area contributed by atoms with Gasteiger partial charge >= 0.3 is 0 Å². The van der Waals surface area contributed by atoms with Gasteiger partial charge in [-0.1, -0.05) is 41.2 Å². The first-order valence-corrected chi connectivity index (χ1v) is 7.71. The Bertz CT molecular complexity index is 1170. The van der Waals surface area contributed by atoms with E-state index in [9.17, 15) is 18.0 Å². The highest BCUT2D eigenvalue weighted by Gasteiger charge is 2.20. The standard InChI is InChI=1S/C16H8F3N3OS/c1-7-2-4-8(5-3-7)15-21-22-13-9(14(23)20-16(22)24-15)6-10(17)11(18)12(13)19/h2-6H,1H3. The highest BCUT2D eigenvalue weighted by molar-refractivity contribution is 7.19. The van der Waals surface area contributed by atoms with E-state index < -0.39 is 28.5 Å². The quantitative estimate of drug-likeness (QED) is 0.493. The van der Waals surface area contributed by atoms with Gasteiger partial charge in [0.25, 0.3) is 5.56 Å². The van der Waals surface area contributed by atoms with E-state index in [1.165, 1.54) is 0 Å². The van der Waals surface area contributed by atoms with E-state index in [4.69, 9.17) is 0 Å². The number of hydrogen-bond acceptors (Lipinski definition) is 4. The second-order valence-electron chi connectivity index (χ2n) is 5.27. The average Bonchev–Trinajstić information content (AvgIpc) is 2.97. The molecule has 0 atom stereocenters. The number of aryl methyl sites for hydroxylation is 1. The molecule has 0 bridgehead atoms. The van der Waals surface area contributed by atoms with E-state index in [0.29, 0.717) is 11.1 Å². The van der Waals surface area contributed by atoms with Crippen LogP contribution in [0.1, 0.15) is 5.56 Å². The number of aromatic nitrogens is 3. The molecule has 2 heterocycles. The molecule has 8 heteroatoms. The number of fused-ring (bicyclic) bond motifs is 3. The summed E-state index contributed by atoms with van der Waals surface area (Å²) < 4.78 is 42.2. The summed E-state index contributed by atoms with van der Waals surface area (Å²) in [6.45, 7) is 1.93. The monoisotopic (exact) mass is 347 g/mol. The predicted molar refractivity (Wildman–Crippen MR) is 84.7 cm³/mol. The van der Waals surface area contributed by atoms with Gasteiger partial charge in [0.1, 0.15) is 10.5 Å². The number of rotatable bonds is 1. The fraction of sp³-hybridized carbons (Fsp3) is 0.0625. The van der Waals surface area contributed by atoms with Crippen molar-refractivity contribution in [3.8, 4) is 10.6 Å². The number of benzene rings is 2. The fourth-order valence-corrected chi connectivity index (χ4v) is 3.31. The van der Waals surface area contributed by atoms with E-state index in [0.717, 1.165) is 27.0 Å². The van der Waals surface area contributed by atoms with E-state index in [1.54, 1.807) is 0 Å². The molecule has 0 fully saturated rings. The number of nitrogens with zero attached hydrogens (tertiary/aromatic N) is 3. The predicted octanol–water partition coefficient (Wildman–Crippen LogP) is 3.70. The Morgan fingerprint density at radius 1 is 1.08 bits per heavy atom. The molecule has 0 aliphatic rings. The topological polar surface area (TPSA) is 47.3 Å². The number of halogens is 3. The first kappa shape index (κ1) is 14.8. The summed E-state index contributed by atoms with van der Waals surface area (Å²) in [4.78, 5) is 15.9. The van der Waals surface area contributed by atoms with Crippen molar-refractivity contribution in [3.05, 3.63) is 63.7 Å². The molecule has 0 aliphatic carbocycles. The molecule has 4 aromatic rings. The SMILES string of the molecule is Cc1ccc(-c2nn3c(nc(=O)c4cc(F)c(F)c(F)c43)s2)cc1. The van der Waals surface area contributed by atoms with Crippen molar-refractivity contribution in [2.45, 2.75) is 6.92 Å². The maximum Gasteiger partial charge on any atom is 0.282 e. The van der Waals surface area contributed by atoms with Crippen LogP contribution in [0.4, 0.5) is 13.2 Å². The molecule has 4 nitrogen and oxygen atoms in total. The minimum atomic E-state index is -1.65. The third-order valence-corrected chi connectivity index (χ3v) is 4.59. The van der Waals surface area contributed by atoms with Gasteiger partial charge in [-0.05, 0) is 13.0 Å².